The summed E-state index contributed by atoms with van der Waals surface area (Å²) in [6, 6.07) is 3.99. The summed E-state index contributed by atoms with van der Waals surface area (Å²) in [6.45, 7) is 0. The molecule has 2 N–H and O–H groups in total. The van der Waals surface area contributed by atoms with Crippen molar-refractivity contribution < 1.29 is 17.9 Å². The van der Waals surface area contributed by atoms with Crippen LogP contribution in [0.5, 0.6) is 5.75 Å². The molecule has 0 fully saturated rings. The van der Waals surface area contributed by atoms with Gasteiger partial charge in [-0.25, -0.2) is 0 Å². The van der Waals surface area contributed by atoms with E-state index in [4.69, 9.17) is 5.73 Å². The van der Waals surface area contributed by atoms with Gasteiger partial charge in [-0.1, -0.05) is 27.8 Å². The zero-order valence-electron chi connectivity index (χ0n) is 7.94. The van der Waals surface area contributed by atoms with Gasteiger partial charge < -0.3 is 10.5 Å². The highest BCUT2D eigenvalue weighted by Crippen LogP contribution is 2.28. The fourth-order valence-electron chi connectivity index (χ4n) is 0.961. The van der Waals surface area contributed by atoms with Crippen molar-refractivity contribution in [3.8, 4) is 17.6 Å². The number of alkyl halides is 4. The zero-order valence-corrected chi connectivity index (χ0v) is 9.52. The fraction of sp³-hybridized carbons (Fsp3) is 0.200. The summed E-state index contributed by atoms with van der Waals surface area (Å²) in [5, 5.41) is 0.437. The monoisotopic (exact) mass is 293 g/mol. The predicted octanol–water partition coefficient (Wildman–Crippen LogP) is 2.91. The van der Waals surface area contributed by atoms with Crippen molar-refractivity contribution in [3.05, 3.63) is 23.8 Å². The number of hydrogen-bond acceptors (Lipinski definition) is 2. The molecule has 0 aliphatic heterocycles. The van der Waals surface area contributed by atoms with Gasteiger partial charge in [0.2, 0.25) is 0 Å². The molecule has 0 bridgehead atoms. The Morgan fingerprint density at radius 3 is 2.62 bits per heavy atom. The van der Waals surface area contributed by atoms with Crippen LogP contribution in [0.2, 0.25) is 0 Å². The molecule has 0 saturated carbocycles. The molecular formula is C10H7BrF3NO. The highest BCUT2D eigenvalue weighted by molar-refractivity contribution is 9.09. The summed E-state index contributed by atoms with van der Waals surface area (Å²) < 4.78 is 39.7. The Kier molecular flexibility index (Phi) is 4.07. The first-order chi connectivity index (χ1) is 7.42. The molecule has 0 spiro atoms. The first-order valence-electron chi connectivity index (χ1n) is 4.12. The van der Waals surface area contributed by atoms with Crippen molar-refractivity contribution in [2.45, 2.75) is 6.36 Å². The van der Waals surface area contributed by atoms with E-state index in [0.717, 1.165) is 6.07 Å². The van der Waals surface area contributed by atoms with E-state index in [-0.39, 0.29) is 5.69 Å². The number of hydrogen-bond donors (Lipinski definition) is 1. The average Bonchev–Trinajstić information content (AvgIpc) is 2.17. The van der Waals surface area contributed by atoms with Crippen molar-refractivity contribution in [1.29, 1.82) is 0 Å². The third-order valence-corrected chi connectivity index (χ3v) is 1.82. The Morgan fingerprint density at radius 1 is 1.38 bits per heavy atom. The molecule has 1 rings (SSSR count). The molecule has 0 amide bonds. The van der Waals surface area contributed by atoms with Crippen molar-refractivity contribution in [3.63, 3.8) is 0 Å². The number of benzene rings is 1. The van der Waals surface area contributed by atoms with Crippen LogP contribution in [0, 0.1) is 11.8 Å². The van der Waals surface area contributed by atoms with Gasteiger partial charge in [-0.2, -0.15) is 0 Å². The van der Waals surface area contributed by atoms with E-state index in [1.54, 1.807) is 0 Å². The molecule has 0 saturated heterocycles. The lowest BCUT2D eigenvalue weighted by Gasteiger charge is -2.10. The summed E-state index contributed by atoms with van der Waals surface area (Å²) in [5.74, 6) is 4.87. The standard InChI is InChI=1S/C10H7BrF3NO/c11-5-1-2-7-3-4-8(15)9(6-7)16-10(12,13)14/h3-4,6H,5,15H2. The van der Waals surface area contributed by atoms with E-state index in [1.165, 1.54) is 12.1 Å². The maximum absolute atomic E-state index is 12.0. The molecule has 0 heterocycles. The summed E-state index contributed by atoms with van der Waals surface area (Å²) in [7, 11) is 0. The van der Waals surface area contributed by atoms with Crippen LogP contribution in [0.3, 0.4) is 0 Å². The van der Waals surface area contributed by atoms with Gasteiger partial charge in [0.15, 0.2) is 5.75 Å². The van der Waals surface area contributed by atoms with Gasteiger partial charge in [0.25, 0.3) is 0 Å². The van der Waals surface area contributed by atoms with E-state index in [0.29, 0.717) is 10.9 Å². The maximum Gasteiger partial charge on any atom is 0.573 e. The van der Waals surface area contributed by atoms with Crippen molar-refractivity contribution in [2.24, 2.45) is 0 Å². The Balaban J connectivity index is 2.99. The molecule has 1 aromatic carbocycles. The molecule has 2 nitrogen and oxygen atoms in total. The molecule has 0 aliphatic rings. The quantitative estimate of drug-likeness (QED) is 0.491. The molecule has 0 unspecified atom stereocenters. The predicted molar refractivity (Wildman–Crippen MR) is 58.2 cm³/mol. The summed E-state index contributed by atoms with van der Waals surface area (Å²) in [5.41, 5.74) is 5.67. The summed E-state index contributed by atoms with van der Waals surface area (Å²) in [4.78, 5) is 0. The Hall–Kier alpha value is -1.35. The highest BCUT2D eigenvalue weighted by atomic mass is 79.9. The highest BCUT2D eigenvalue weighted by Gasteiger charge is 2.31. The maximum atomic E-state index is 12.0. The normalized spacial score (nSPS) is 10.5. The first-order valence-corrected chi connectivity index (χ1v) is 5.24. The molecule has 0 aromatic heterocycles. The molecule has 6 heteroatoms. The summed E-state index contributed by atoms with van der Waals surface area (Å²) in [6.07, 6.45) is -4.75. The Morgan fingerprint density at radius 2 is 2.06 bits per heavy atom. The van der Waals surface area contributed by atoms with Crippen molar-refractivity contribution in [1.82, 2.24) is 0 Å². The Bertz CT molecular complexity index is 434. The van der Waals surface area contributed by atoms with Gasteiger partial charge in [-0.05, 0) is 18.2 Å². The lowest BCUT2D eigenvalue weighted by Crippen LogP contribution is -2.18. The third kappa shape index (κ3) is 4.03. The molecule has 86 valence electrons. The van der Waals surface area contributed by atoms with Crippen molar-refractivity contribution in [2.75, 3.05) is 11.1 Å². The molecule has 1 aromatic rings. The lowest BCUT2D eigenvalue weighted by molar-refractivity contribution is -0.274. The van der Waals surface area contributed by atoms with Gasteiger partial charge in [0.1, 0.15) is 0 Å². The molecular weight excluding hydrogens is 287 g/mol. The number of rotatable bonds is 1. The molecule has 0 atom stereocenters. The van der Waals surface area contributed by atoms with Gasteiger partial charge in [-0.3, -0.25) is 0 Å². The van der Waals surface area contributed by atoms with Crippen molar-refractivity contribution >= 4 is 21.6 Å². The number of anilines is 1. The fourth-order valence-corrected chi connectivity index (χ4v) is 1.10. The zero-order chi connectivity index (χ0) is 12.2. The van der Waals surface area contributed by atoms with Crippen LogP contribution in [0.4, 0.5) is 18.9 Å². The minimum Gasteiger partial charge on any atom is -0.404 e. The van der Waals surface area contributed by atoms with E-state index in [2.05, 4.69) is 32.5 Å². The average molecular weight is 294 g/mol. The first kappa shape index (κ1) is 12.7. The number of halogens is 4. The largest absolute Gasteiger partial charge is 0.573 e. The van der Waals surface area contributed by atoms with E-state index in [1.807, 2.05) is 0 Å². The van der Waals surface area contributed by atoms with Crippen LogP contribution in [-0.4, -0.2) is 11.7 Å². The van der Waals surface area contributed by atoms with E-state index in [9.17, 15) is 13.2 Å². The Labute approximate surface area is 98.7 Å². The second-order valence-electron chi connectivity index (χ2n) is 2.74. The minimum absolute atomic E-state index is 0.0817. The van der Waals surface area contributed by atoms with E-state index < -0.39 is 12.1 Å². The van der Waals surface area contributed by atoms with Crippen LogP contribution in [0.25, 0.3) is 0 Å². The molecule has 0 radical (unpaired) electrons. The third-order valence-electron chi connectivity index (χ3n) is 1.54. The van der Waals surface area contributed by atoms with Gasteiger partial charge in [0.05, 0.1) is 11.0 Å². The van der Waals surface area contributed by atoms with Crippen LogP contribution in [-0.2, 0) is 0 Å². The van der Waals surface area contributed by atoms with Gasteiger partial charge >= 0.3 is 6.36 Å². The van der Waals surface area contributed by atoms with Gasteiger partial charge in [0, 0.05) is 5.56 Å². The topological polar surface area (TPSA) is 35.2 Å². The van der Waals surface area contributed by atoms with E-state index >= 15 is 0 Å². The smallest absolute Gasteiger partial charge is 0.404 e. The van der Waals surface area contributed by atoms with Crippen LogP contribution in [0.15, 0.2) is 18.2 Å². The lowest BCUT2D eigenvalue weighted by atomic mass is 10.2. The van der Waals surface area contributed by atoms with Crippen LogP contribution in [0.1, 0.15) is 5.56 Å². The molecule has 16 heavy (non-hydrogen) atoms. The SMILES string of the molecule is Nc1ccc(C#CCBr)cc1OC(F)(F)F. The van der Waals surface area contributed by atoms with Crippen LogP contribution >= 0.6 is 15.9 Å². The second-order valence-corrected chi connectivity index (χ2v) is 3.30. The number of nitrogen functional groups attached to an aromatic ring is 1. The van der Waals surface area contributed by atoms with Gasteiger partial charge in [-0.15, -0.1) is 13.2 Å². The summed E-state index contributed by atoms with van der Waals surface area (Å²) >= 11 is 3.08. The van der Waals surface area contributed by atoms with Crippen LogP contribution < -0.4 is 10.5 Å². The minimum atomic E-state index is -4.75. The molecule has 0 aliphatic carbocycles. The second kappa shape index (κ2) is 5.12. The number of nitrogens with two attached hydrogens (primary N) is 1. The number of ether oxygens (including phenoxy) is 1.